The molecule has 0 N–H and O–H groups in total. The minimum atomic E-state index is -0.731. The molecule has 0 radical (unpaired) electrons. The Labute approximate surface area is 157 Å². The van der Waals surface area contributed by atoms with E-state index in [0.717, 1.165) is 0 Å². The Bertz CT molecular complexity index is 1030. The van der Waals surface area contributed by atoms with Crippen LogP contribution in [0.2, 0.25) is 5.02 Å². The fourth-order valence-electron chi connectivity index (χ4n) is 2.31. The van der Waals surface area contributed by atoms with Gasteiger partial charge in [-0.3, -0.25) is 14.9 Å². The third-order valence-corrected chi connectivity index (χ3v) is 3.76. The lowest BCUT2D eigenvalue weighted by molar-refractivity contribution is -0.384. The average molecular weight is 387 g/mol. The molecule has 136 valence electrons. The summed E-state index contributed by atoms with van der Waals surface area (Å²) >= 11 is 6.04. The minimum Gasteiger partial charge on any atom is -0.427 e. The van der Waals surface area contributed by atoms with Crippen molar-refractivity contribution in [2.75, 3.05) is 0 Å². The molecule has 0 amide bonds. The average Bonchev–Trinajstić information content (AvgIpc) is 2.95. The Morgan fingerprint density at radius 3 is 2.78 bits per heavy atom. The van der Waals surface area contributed by atoms with Crippen LogP contribution in [-0.4, -0.2) is 22.8 Å². The summed E-state index contributed by atoms with van der Waals surface area (Å²) in [4.78, 5) is 37.5. The first-order chi connectivity index (χ1) is 12.8. The lowest BCUT2D eigenvalue weighted by atomic mass is 10.2. The lowest BCUT2D eigenvalue weighted by Crippen LogP contribution is -2.06. The molecule has 0 fully saturated rings. The Morgan fingerprint density at radius 1 is 1.30 bits per heavy atom. The van der Waals surface area contributed by atoms with Gasteiger partial charge in [0.25, 0.3) is 5.69 Å². The maximum absolute atomic E-state index is 12.1. The van der Waals surface area contributed by atoms with E-state index >= 15 is 0 Å². The second kappa shape index (κ2) is 7.38. The SMILES string of the molecule is CC(=O)Oc1cccc(C=C2N=C(c3cc([N+](=O)[O-])ccc3Cl)OC2=O)c1. The second-order valence-corrected chi connectivity index (χ2v) is 5.83. The van der Waals surface area contributed by atoms with Gasteiger partial charge in [-0.2, -0.15) is 0 Å². The molecule has 0 atom stereocenters. The van der Waals surface area contributed by atoms with Crippen molar-refractivity contribution in [2.45, 2.75) is 6.92 Å². The van der Waals surface area contributed by atoms with Crippen LogP contribution in [-0.2, 0) is 14.3 Å². The van der Waals surface area contributed by atoms with Gasteiger partial charge in [-0.15, -0.1) is 0 Å². The Morgan fingerprint density at radius 2 is 2.07 bits per heavy atom. The van der Waals surface area contributed by atoms with Gasteiger partial charge in [0.15, 0.2) is 5.70 Å². The molecule has 0 aliphatic carbocycles. The van der Waals surface area contributed by atoms with Crippen LogP contribution >= 0.6 is 11.6 Å². The number of rotatable bonds is 4. The summed E-state index contributed by atoms with van der Waals surface area (Å²) in [6.45, 7) is 1.28. The van der Waals surface area contributed by atoms with E-state index in [1.165, 1.54) is 31.2 Å². The molecule has 3 rings (SSSR count). The Kier molecular flexibility index (Phi) is 5.00. The topological polar surface area (TPSA) is 108 Å². The Hall–Kier alpha value is -3.52. The van der Waals surface area contributed by atoms with Gasteiger partial charge in [0.05, 0.1) is 15.5 Å². The monoisotopic (exact) mass is 386 g/mol. The van der Waals surface area contributed by atoms with Gasteiger partial charge in [-0.25, -0.2) is 9.79 Å². The normalized spacial score (nSPS) is 14.7. The molecule has 2 aromatic carbocycles. The lowest BCUT2D eigenvalue weighted by Gasteiger charge is -2.02. The first kappa shape index (κ1) is 18.3. The minimum absolute atomic E-state index is 0.0208. The summed E-state index contributed by atoms with van der Waals surface area (Å²) in [5, 5.41) is 11.1. The number of aliphatic imine (C=N–C) groups is 1. The molecule has 0 bridgehead atoms. The summed E-state index contributed by atoms with van der Waals surface area (Å²) in [6.07, 6.45) is 1.44. The molecular weight excluding hydrogens is 376 g/mol. The van der Waals surface area contributed by atoms with Crippen LogP contribution in [0.4, 0.5) is 5.69 Å². The van der Waals surface area contributed by atoms with Crippen molar-refractivity contribution in [1.82, 2.24) is 0 Å². The number of nitrogens with zero attached hydrogens (tertiary/aromatic N) is 2. The molecule has 0 saturated heterocycles. The molecule has 8 nitrogen and oxygen atoms in total. The molecule has 2 aromatic rings. The number of carbonyl (C=O) groups is 2. The third-order valence-electron chi connectivity index (χ3n) is 3.43. The molecule has 9 heteroatoms. The van der Waals surface area contributed by atoms with Crippen molar-refractivity contribution in [3.63, 3.8) is 0 Å². The van der Waals surface area contributed by atoms with Crippen LogP contribution in [0.5, 0.6) is 5.75 Å². The second-order valence-electron chi connectivity index (χ2n) is 5.42. The number of benzene rings is 2. The number of non-ortho nitro benzene ring substituents is 1. The number of nitro groups is 1. The van der Waals surface area contributed by atoms with Gasteiger partial charge in [-0.1, -0.05) is 23.7 Å². The molecule has 0 saturated carbocycles. The summed E-state index contributed by atoms with van der Waals surface area (Å²) in [7, 11) is 0. The van der Waals surface area contributed by atoms with E-state index in [2.05, 4.69) is 4.99 Å². The standard InChI is InChI=1S/C18H11ClN2O6/c1-10(22)26-13-4-2-3-11(7-13)8-16-18(23)27-17(20-16)14-9-12(21(24)25)5-6-15(14)19/h2-9H,1H3. The van der Waals surface area contributed by atoms with Gasteiger partial charge in [0.2, 0.25) is 5.90 Å². The highest BCUT2D eigenvalue weighted by molar-refractivity contribution is 6.34. The van der Waals surface area contributed by atoms with Gasteiger partial charge in [0.1, 0.15) is 5.75 Å². The van der Waals surface area contributed by atoms with Crippen LogP contribution in [0.25, 0.3) is 6.08 Å². The number of hydrogen-bond donors (Lipinski definition) is 0. The van der Waals surface area contributed by atoms with E-state index in [0.29, 0.717) is 11.3 Å². The molecule has 1 aliphatic heterocycles. The van der Waals surface area contributed by atoms with Crippen LogP contribution in [0.15, 0.2) is 53.2 Å². The van der Waals surface area contributed by atoms with Crippen molar-refractivity contribution in [2.24, 2.45) is 4.99 Å². The molecule has 1 heterocycles. The van der Waals surface area contributed by atoms with Crippen molar-refractivity contribution in [1.29, 1.82) is 0 Å². The number of ether oxygens (including phenoxy) is 2. The van der Waals surface area contributed by atoms with E-state index in [4.69, 9.17) is 21.1 Å². The quantitative estimate of drug-likeness (QED) is 0.261. The maximum Gasteiger partial charge on any atom is 0.363 e. The first-order valence-corrected chi connectivity index (χ1v) is 7.96. The van der Waals surface area contributed by atoms with Gasteiger partial charge in [-0.05, 0) is 29.8 Å². The molecular formula is C18H11ClN2O6. The number of esters is 2. The summed E-state index contributed by atoms with van der Waals surface area (Å²) in [5.41, 5.74) is 0.458. The first-order valence-electron chi connectivity index (χ1n) is 7.59. The van der Waals surface area contributed by atoms with Crippen LogP contribution in [0.3, 0.4) is 0 Å². The van der Waals surface area contributed by atoms with Crippen LogP contribution in [0, 0.1) is 10.1 Å². The predicted octanol–water partition coefficient (Wildman–Crippen LogP) is 3.52. The molecule has 27 heavy (non-hydrogen) atoms. The number of hydrogen-bond acceptors (Lipinski definition) is 7. The Balaban J connectivity index is 1.95. The zero-order chi connectivity index (χ0) is 19.6. The fraction of sp³-hybridized carbons (Fsp3) is 0.0556. The zero-order valence-corrected chi connectivity index (χ0v) is 14.6. The number of carbonyl (C=O) groups excluding carboxylic acids is 2. The van der Waals surface area contributed by atoms with E-state index in [-0.39, 0.29) is 27.9 Å². The van der Waals surface area contributed by atoms with Gasteiger partial charge < -0.3 is 9.47 Å². The highest BCUT2D eigenvalue weighted by Gasteiger charge is 2.27. The van der Waals surface area contributed by atoms with E-state index in [1.54, 1.807) is 24.3 Å². The molecule has 0 aromatic heterocycles. The highest BCUT2D eigenvalue weighted by atomic mass is 35.5. The van der Waals surface area contributed by atoms with Crippen molar-refractivity contribution < 1.29 is 24.0 Å². The summed E-state index contributed by atoms with van der Waals surface area (Å²) < 4.78 is 10.1. The number of cyclic esters (lactones) is 1. The smallest absolute Gasteiger partial charge is 0.363 e. The summed E-state index contributed by atoms with van der Waals surface area (Å²) in [6, 6.07) is 10.2. The van der Waals surface area contributed by atoms with Crippen molar-refractivity contribution >= 4 is 41.2 Å². The van der Waals surface area contributed by atoms with Crippen molar-refractivity contribution in [3.05, 3.63) is 74.4 Å². The number of halogens is 1. The predicted molar refractivity (Wildman–Crippen MR) is 96.5 cm³/mol. The largest absolute Gasteiger partial charge is 0.427 e. The van der Waals surface area contributed by atoms with Crippen LogP contribution in [0.1, 0.15) is 18.1 Å². The molecule has 1 aliphatic rings. The maximum atomic E-state index is 12.1. The highest BCUT2D eigenvalue weighted by Crippen LogP contribution is 2.27. The molecule has 0 unspecified atom stereocenters. The van der Waals surface area contributed by atoms with E-state index in [1.807, 2.05) is 0 Å². The van der Waals surface area contributed by atoms with Crippen molar-refractivity contribution in [3.8, 4) is 5.75 Å². The summed E-state index contributed by atoms with van der Waals surface area (Å²) in [5.74, 6) is -1.02. The molecule has 0 spiro atoms. The fourth-order valence-corrected chi connectivity index (χ4v) is 2.51. The number of nitro benzene ring substituents is 1. The zero-order valence-electron chi connectivity index (χ0n) is 13.8. The van der Waals surface area contributed by atoms with Crippen LogP contribution < -0.4 is 4.74 Å². The third kappa shape index (κ3) is 4.18. The van der Waals surface area contributed by atoms with E-state index in [9.17, 15) is 19.7 Å². The van der Waals surface area contributed by atoms with Gasteiger partial charge >= 0.3 is 11.9 Å². The van der Waals surface area contributed by atoms with Gasteiger partial charge in [0, 0.05) is 19.1 Å². The van der Waals surface area contributed by atoms with E-state index < -0.39 is 16.9 Å².